The van der Waals surface area contributed by atoms with Gasteiger partial charge in [-0.1, -0.05) is 32.0 Å². The summed E-state index contributed by atoms with van der Waals surface area (Å²) in [6.45, 7) is 5.90. The van der Waals surface area contributed by atoms with Gasteiger partial charge in [0.1, 0.15) is 0 Å². The Morgan fingerprint density at radius 3 is 2.45 bits per heavy atom. The first-order chi connectivity index (χ1) is 9.61. The predicted octanol–water partition coefficient (Wildman–Crippen LogP) is 4.20. The number of fused-ring (bicyclic) bond motifs is 1. The van der Waals surface area contributed by atoms with Crippen LogP contribution in [-0.2, 0) is 16.6 Å². The average Bonchev–Trinajstić information content (AvgIpc) is 2.80. The molecule has 2 rings (SSSR count). The summed E-state index contributed by atoms with van der Waals surface area (Å²) in [6, 6.07) is 8.14. The molecule has 3 nitrogen and oxygen atoms in total. The lowest BCUT2D eigenvalue weighted by Crippen LogP contribution is -2.11. The van der Waals surface area contributed by atoms with E-state index in [9.17, 15) is 4.79 Å². The molecule has 110 valence electrons. The van der Waals surface area contributed by atoms with E-state index in [1.54, 1.807) is 11.8 Å². The summed E-state index contributed by atoms with van der Waals surface area (Å²) >= 11 is 1.66. The number of methoxy groups -OCH3 is 1. The van der Waals surface area contributed by atoms with Crippen LogP contribution in [-0.4, -0.2) is 23.9 Å². The van der Waals surface area contributed by atoms with Crippen molar-refractivity contribution in [3.8, 4) is 0 Å². The van der Waals surface area contributed by atoms with Gasteiger partial charge in [-0.3, -0.25) is 4.79 Å². The van der Waals surface area contributed by atoms with Gasteiger partial charge in [-0.25, -0.2) is 0 Å². The normalized spacial score (nSPS) is 11.7. The van der Waals surface area contributed by atoms with Crippen molar-refractivity contribution < 1.29 is 9.53 Å². The number of aryl methyl sites for hydroxylation is 1. The first-order valence-electron chi connectivity index (χ1n) is 6.81. The number of esters is 1. The van der Waals surface area contributed by atoms with Gasteiger partial charge in [0.25, 0.3) is 0 Å². The third-order valence-corrected chi connectivity index (χ3v) is 4.15. The molecule has 0 aliphatic rings. The number of carbonyl (C=O) groups is 1. The number of ether oxygens (including phenoxy) is 1. The second kappa shape index (κ2) is 7.39. The molecule has 0 bridgehead atoms. The van der Waals surface area contributed by atoms with Crippen LogP contribution in [0.15, 0.2) is 29.3 Å². The van der Waals surface area contributed by atoms with Gasteiger partial charge < -0.3 is 9.30 Å². The zero-order chi connectivity index (χ0) is 15.3. The summed E-state index contributed by atoms with van der Waals surface area (Å²) < 4.78 is 7.00. The molecule has 1 aromatic carbocycles. The standard InChI is InChI=1S/C14H17NO2S.C2H6/c1-9(14(16)17-3)12-10-7-5-6-8-11(10)15(2)13(12)18-4;1-2/h5-9H,1-4H3;1-2H3. The smallest absolute Gasteiger partial charge is 0.312 e. The molecule has 0 aliphatic heterocycles. The summed E-state index contributed by atoms with van der Waals surface area (Å²) in [4.78, 5) is 11.8. The van der Waals surface area contributed by atoms with Crippen LogP contribution in [0.2, 0.25) is 0 Å². The number of carbonyl (C=O) groups excluding carboxylic acids is 1. The number of hydrogen-bond donors (Lipinski definition) is 0. The fraction of sp³-hybridized carbons (Fsp3) is 0.438. The maximum absolute atomic E-state index is 11.8. The van der Waals surface area contributed by atoms with Crippen molar-refractivity contribution in [2.24, 2.45) is 7.05 Å². The Hall–Kier alpha value is -1.42. The zero-order valence-corrected chi connectivity index (χ0v) is 13.9. The molecule has 4 heteroatoms. The van der Waals surface area contributed by atoms with Gasteiger partial charge in [-0.2, -0.15) is 0 Å². The lowest BCUT2D eigenvalue weighted by Gasteiger charge is -2.11. The molecule has 1 unspecified atom stereocenters. The SMILES string of the molecule is CC.COC(=O)C(C)c1c(SC)n(C)c2ccccc12. The highest BCUT2D eigenvalue weighted by Gasteiger charge is 2.24. The summed E-state index contributed by atoms with van der Waals surface area (Å²) in [5, 5.41) is 2.25. The van der Waals surface area contributed by atoms with Gasteiger partial charge in [-0.05, 0) is 19.2 Å². The Morgan fingerprint density at radius 2 is 1.90 bits per heavy atom. The molecular formula is C16H23NO2S. The number of hydrogen-bond acceptors (Lipinski definition) is 3. The monoisotopic (exact) mass is 293 g/mol. The van der Waals surface area contributed by atoms with Crippen molar-refractivity contribution in [3.05, 3.63) is 29.8 Å². The van der Waals surface area contributed by atoms with Crippen LogP contribution in [0.4, 0.5) is 0 Å². The van der Waals surface area contributed by atoms with E-state index in [1.165, 1.54) is 7.11 Å². The Bertz CT molecular complexity index is 589. The van der Waals surface area contributed by atoms with E-state index in [1.807, 2.05) is 46.2 Å². The molecular weight excluding hydrogens is 270 g/mol. The Balaban J connectivity index is 0.000000956. The van der Waals surface area contributed by atoms with E-state index < -0.39 is 0 Å². The van der Waals surface area contributed by atoms with Crippen molar-refractivity contribution in [3.63, 3.8) is 0 Å². The maximum Gasteiger partial charge on any atom is 0.312 e. The molecule has 2 aromatic rings. The number of para-hydroxylation sites is 1. The van der Waals surface area contributed by atoms with Gasteiger partial charge in [0.2, 0.25) is 0 Å². The fourth-order valence-corrected chi connectivity index (χ4v) is 3.24. The second-order valence-electron chi connectivity index (χ2n) is 4.24. The number of nitrogens with zero attached hydrogens (tertiary/aromatic N) is 1. The fourth-order valence-electron chi connectivity index (χ4n) is 2.36. The van der Waals surface area contributed by atoms with Crippen molar-refractivity contribution in [2.45, 2.75) is 31.7 Å². The van der Waals surface area contributed by atoms with Gasteiger partial charge in [0, 0.05) is 23.5 Å². The molecule has 0 spiro atoms. The molecule has 0 aliphatic carbocycles. The van der Waals surface area contributed by atoms with Crippen LogP contribution < -0.4 is 0 Å². The number of benzene rings is 1. The molecule has 0 fully saturated rings. The Kier molecular flexibility index (Phi) is 6.14. The Morgan fingerprint density at radius 1 is 1.30 bits per heavy atom. The third kappa shape index (κ3) is 2.85. The third-order valence-electron chi connectivity index (χ3n) is 3.27. The van der Waals surface area contributed by atoms with Gasteiger partial charge in [0.05, 0.1) is 18.1 Å². The van der Waals surface area contributed by atoms with Crippen LogP contribution in [0, 0.1) is 0 Å². The van der Waals surface area contributed by atoms with E-state index in [-0.39, 0.29) is 11.9 Å². The molecule has 0 saturated heterocycles. The summed E-state index contributed by atoms with van der Waals surface area (Å²) in [6.07, 6.45) is 2.03. The molecule has 0 amide bonds. The summed E-state index contributed by atoms with van der Waals surface area (Å²) in [5.74, 6) is -0.440. The highest BCUT2D eigenvalue weighted by atomic mass is 32.2. The summed E-state index contributed by atoms with van der Waals surface area (Å²) in [5.41, 5.74) is 2.21. The lowest BCUT2D eigenvalue weighted by atomic mass is 10.0. The van der Waals surface area contributed by atoms with Crippen molar-refractivity contribution in [2.75, 3.05) is 13.4 Å². The predicted molar refractivity (Wildman–Crippen MR) is 86.5 cm³/mol. The molecule has 1 heterocycles. The molecule has 0 N–H and O–H groups in total. The van der Waals surface area contributed by atoms with E-state index in [4.69, 9.17) is 4.74 Å². The van der Waals surface area contributed by atoms with E-state index >= 15 is 0 Å². The topological polar surface area (TPSA) is 31.2 Å². The largest absolute Gasteiger partial charge is 0.469 e. The lowest BCUT2D eigenvalue weighted by molar-refractivity contribution is -0.142. The minimum atomic E-state index is -0.247. The first kappa shape index (κ1) is 16.6. The molecule has 20 heavy (non-hydrogen) atoms. The van der Waals surface area contributed by atoms with E-state index in [2.05, 4.69) is 16.7 Å². The highest BCUT2D eigenvalue weighted by molar-refractivity contribution is 7.98. The van der Waals surface area contributed by atoms with Gasteiger partial charge in [0.15, 0.2) is 0 Å². The van der Waals surface area contributed by atoms with Crippen LogP contribution in [0.25, 0.3) is 10.9 Å². The average molecular weight is 293 g/mol. The minimum Gasteiger partial charge on any atom is -0.469 e. The Labute approximate surface area is 125 Å². The van der Waals surface area contributed by atoms with Crippen LogP contribution in [0.1, 0.15) is 32.3 Å². The van der Waals surface area contributed by atoms with Gasteiger partial charge in [-0.15, -0.1) is 11.8 Å². The molecule has 1 atom stereocenters. The minimum absolute atomic E-state index is 0.193. The van der Waals surface area contributed by atoms with Crippen LogP contribution in [0.3, 0.4) is 0 Å². The molecule has 0 radical (unpaired) electrons. The van der Waals surface area contributed by atoms with Crippen molar-refractivity contribution in [1.29, 1.82) is 0 Å². The quantitative estimate of drug-likeness (QED) is 0.627. The maximum atomic E-state index is 11.8. The molecule has 0 saturated carbocycles. The molecule has 1 aromatic heterocycles. The van der Waals surface area contributed by atoms with Crippen molar-refractivity contribution in [1.82, 2.24) is 4.57 Å². The van der Waals surface area contributed by atoms with Crippen LogP contribution >= 0.6 is 11.8 Å². The second-order valence-corrected chi connectivity index (χ2v) is 5.04. The van der Waals surface area contributed by atoms with E-state index in [0.29, 0.717) is 0 Å². The highest BCUT2D eigenvalue weighted by Crippen LogP contribution is 2.36. The number of thioether (sulfide) groups is 1. The number of rotatable bonds is 3. The summed E-state index contributed by atoms with van der Waals surface area (Å²) in [7, 11) is 3.46. The van der Waals surface area contributed by atoms with E-state index in [0.717, 1.165) is 21.5 Å². The number of aromatic nitrogens is 1. The van der Waals surface area contributed by atoms with Crippen LogP contribution in [0.5, 0.6) is 0 Å². The first-order valence-corrected chi connectivity index (χ1v) is 8.03. The van der Waals surface area contributed by atoms with Crippen molar-refractivity contribution >= 4 is 28.6 Å². The zero-order valence-electron chi connectivity index (χ0n) is 13.1. The van der Waals surface area contributed by atoms with Gasteiger partial charge >= 0.3 is 5.97 Å².